The molecule has 2 aliphatic rings. The van der Waals surface area contributed by atoms with Crippen molar-refractivity contribution in [2.24, 2.45) is 11.5 Å². The molecule has 0 unspecified atom stereocenters. The Balaban J connectivity index is 2.26. The van der Waals surface area contributed by atoms with E-state index in [1.54, 1.807) is 4.90 Å². The topological polar surface area (TPSA) is 81.6 Å². The van der Waals surface area contributed by atoms with Crippen molar-refractivity contribution in [2.75, 3.05) is 7.11 Å². The molecule has 0 saturated heterocycles. The van der Waals surface area contributed by atoms with E-state index in [4.69, 9.17) is 16.2 Å². The minimum absolute atomic E-state index is 0.367. The van der Waals surface area contributed by atoms with Gasteiger partial charge in [0, 0.05) is 0 Å². The lowest BCUT2D eigenvalue weighted by Gasteiger charge is -2.52. The number of hydrogen-bond acceptors (Lipinski definition) is 4. The molecule has 0 aromatic heterocycles. The van der Waals surface area contributed by atoms with Crippen LogP contribution in [-0.2, 0) is 4.74 Å². The third-order valence-electron chi connectivity index (χ3n) is 4.69. The van der Waals surface area contributed by atoms with Crippen LogP contribution in [0.25, 0.3) is 0 Å². The first kappa shape index (κ1) is 14.6. The van der Waals surface area contributed by atoms with E-state index in [0.717, 1.165) is 51.4 Å². The Kier molecular flexibility index (Phi) is 4.36. The molecule has 110 valence electrons. The van der Waals surface area contributed by atoms with E-state index in [2.05, 4.69) is 0 Å². The summed E-state index contributed by atoms with van der Waals surface area (Å²) in [5.74, 6) is 0. The predicted octanol–water partition coefficient (Wildman–Crippen LogP) is 2.29. The Morgan fingerprint density at radius 3 is 1.58 bits per heavy atom. The first-order valence-corrected chi connectivity index (χ1v) is 7.48. The fraction of sp³-hybridized carbons (Fsp3) is 0.929. The average Bonchev–Trinajstić information content (AvgIpc) is 2.39. The number of rotatable bonds is 2. The van der Waals surface area contributed by atoms with Crippen LogP contribution >= 0.6 is 0 Å². The molecule has 1 amide bonds. The molecular formula is C14H27N3O2. The summed E-state index contributed by atoms with van der Waals surface area (Å²) in [7, 11) is 1.41. The highest BCUT2D eigenvalue weighted by Gasteiger charge is 2.48. The Labute approximate surface area is 115 Å². The van der Waals surface area contributed by atoms with Gasteiger partial charge in [0.05, 0.1) is 18.4 Å². The lowest BCUT2D eigenvalue weighted by atomic mass is 9.82. The molecule has 2 saturated carbocycles. The first-order valence-electron chi connectivity index (χ1n) is 7.48. The standard InChI is InChI=1S/C14H27N3O2/c1-19-12(18)17(13(15)8-4-2-5-9-13)14(16)10-6-3-7-11-14/h2-11,15-16H2,1H3. The van der Waals surface area contributed by atoms with E-state index in [0.29, 0.717) is 0 Å². The molecule has 0 aliphatic heterocycles. The van der Waals surface area contributed by atoms with Crippen molar-refractivity contribution in [3.05, 3.63) is 0 Å². The van der Waals surface area contributed by atoms with Crippen molar-refractivity contribution in [3.8, 4) is 0 Å². The molecule has 0 bridgehead atoms. The number of nitrogens with two attached hydrogens (primary N) is 2. The number of hydrogen-bond donors (Lipinski definition) is 2. The zero-order valence-corrected chi connectivity index (χ0v) is 12.0. The number of methoxy groups -OCH3 is 1. The van der Waals surface area contributed by atoms with Crippen LogP contribution in [0, 0.1) is 0 Å². The average molecular weight is 269 g/mol. The molecule has 0 aromatic rings. The molecule has 0 atom stereocenters. The molecule has 0 heterocycles. The summed E-state index contributed by atoms with van der Waals surface area (Å²) in [4.78, 5) is 13.9. The van der Waals surface area contributed by atoms with E-state index in [9.17, 15) is 4.79 Å². The third-order valence-corrected chi connectivity index (χ3v) is 4.69. The van der Waals surface area contributed by atoms with E-state index in [1.165, 1.54) is 20.0 Å². The van der Waals surface area contributed by atoms with E-state index in [1.807, 2.05) is 0 Å². The zero-order valence-electron chi connectivity index (χ0n) is 12.0. The number of amides is 1. The molecule has 0 spiro atoms. The van der Waals surface area contributed by atoms with Gasteiger partial charge >= 0.3 is 6.09 Å². The summed E-state index contributed by atoms with van der Waals surface area (Å²) >= 11 is 0. The van der Waals surface area contributed by atoms with Crippen molar-refractivity contribution in [1.29, 1.82) is 0 Å². The molecule has 5 heteroatoms. The first-order chi connectivity index (χ1) is 9.02. The van der Waals surface area contributed by atoms with Crippen molar-refractivity contribution in [2.45, 2.75) is 75.5 Å². The van der Waals surface area contributed by atoms with Crippen LogP contribution in [0.3, 0.4) is 0 Å². The third kappa shape index (κ3) is 2.87. The van der Waals surface area contributed by atoms with Crippen LogP contribution in [0.2, 0.25) is 0 Å². The summed E-state index contributed by atoms with van der Waals surface area (Å²) in [5, 5.41) is 0. The van der Waals surface area contributed by atoms with Crippen LogP contribution in [-0.4, -0.2) is 29.4 Å². The van der Waals surface area contributed by atoms with Gasteiger partial charge in [-0.3, -0.25) is 4.90 Å². The molecule has 5 nitrogen and oxygen atoms in total. The molecule has 19 heavy (non-hydrogen) atoms. The van der Waals surface area contributed by atoms with Crippen molar-refractivity contribution < 1.29 is 9.53 Å². The lowest BCUT2D eigenvalue weighted by molar-refractivity contribution is -0.0431. The summed E-state index contributed by atoms with van der Waals surface area (Å²) in [6.07, 6.45) is 9.51. The summed E-state index contributed by atoms with van der Waals surface area (Å²) < 4.78 is 4.98. The van der Waals surface area contributed by atoms with Gasteiger partial charge in [0.2, 0.25) is 0 Å². The Bertz CT molecular complexity index is 297. The summed E-state index contributed by atoms with van der Waals surface area (Å²) in [6, 6.07) is 0. The second kappa shape index (κ2) is 5.67. The quantitative estimate of drug-likeness (QED) is 0.754. The van der Waals surface area contributed by atoms with E-state index >= 15 is 0 Å². The molecule has 0 radical (unpaired) electrons. The fourth-order valence-electron chi connectivity index (χ4n) is 3.67. The van der Waals surface area contributed by atoms with Crippen LogP contribution in [0.4, 0.5) is 4.79 Å². The van der Waals surface area contributed by atoms with E-state index in [-0.39, 0.29) is 6.09 Å². The normalized spacial score (nSPS) is 25.6. The molecule has 2 aliphatic carbocycles. The Morgan fingerprint density at radius 1 is 0.895 bits per heavy atom. The largest absolute Gasteiger partial charge is 0.453 e. The molecule has 0 aromatic carbocycles. The minimum Gasteiger partial charge on any atom is -0.453 e. The molecular weight excluding hydrogens is 242 g/mol. The number of carbonyl (C=O) groups is 1. The highest BCUT2D eigenvalue weighted by molar-refractivity contribution is 5.69. The number of nitrogens with zero attached hydrogens (tertiary/aromatic N) is 1. The van der Waals surface area contributed by atoms with Crippen LogP contribution < -0.4 is 11.5 Å². The van der Waals surface area contributed by atoms with Crippen LogP contribution in [0.1, 0.15) is 64.2 Å². The van der Waals surface area contributed by atoms with Crippen LogP contribution in [0.15, 0.2) is 0 Å². The second-order valence-electron chi connectivity index (χ2n) is 6.13. The smallest absolute Gasteiger partial charge is 0.412 e. The minimum atomic E-state index is -0.628. The summed E-state index contributed by atoms with van der Waals surface area (Å²) in [6.45, 7) is 0. The SMILES string of the molecule is COC(=O)N(C1(N)CCCCC1)C1(N)CCCCC1. The van der Waals surface area contributed by atoms with Crippen molar-refractivity contribution >= 4 is 6.09 Å². The van der Waals surface area contributed by atoms with Gasteiger partial charge in [-0.25, -0.2) is 4.79 Å². The van der Waals surface area contributed by atoms with Gasteiger partial charge in [-0.2, -0.15) is 0 Å². The lowest BCUT2D eigenvalue weighted by Crippen LogP contribution is -2.71. The number of ether oxygens (including phenoxy) is 1. The Morgan fingerprint density at radius 2 is 1.26 bits per heavy atom. The maximum absolute atomic E-state index is 12.3. The van der Waals surface area contributed by atoms with Gasteiger partial charge in [-0.15, -0.1) is 0 Å². The van der Waals surface area contributed by atoms with Gasteiger partial charge in [0.25, 0.3) is 0 Å². The van der Waals surface area contributed by atoms with Crippen molar-refractivity contribution in [3.63, 3.8) is 0 Å². The second-order valence-corrected chi connectivity index (χ2v) is 6.13. The van der Waals surface area contributed by atoms with Crippen molar-refractivity contribution in [1.82, 2.24) is 4.90 Å². The fourth-order valence-corrected chi connectivity index (χ4v) is 3.67. The number of carbonyl (C=O) groups excluding carboxylic acids is 1. The highest BCUT2D eigenvalue weighted by atomic mass is 16.5. The van der Waals surface area contributed by atoms with Gasteiger partial charge in [0.15, 0.2) is 0 Å². The summed E-state index contributed by atoms with van der Waals surface area (Å²) in [5.41, 5.74) is 11.8. The molecule has 4 N–H and O–H groups in total. The van der Waals surface area contributed by atoms with Crippen LogP contribution in [0.5, 0.6) is 0 Å². The predicted molar refractivity (Wildman–Crippen MR) is 74.3 cm³/mol. The van der Waals surface area contributed by atoms with Gasteiger partial charge in [-0.1, -0.05) is 12.8 Å². The molecule has 2 rings (SSSR count). The highest BCUT2D eigenvalue weighted by Crippen LogP contribution is 2.38. The maximum atomic E-state index is 12.3. The van der Waals surface area contributed by atoms with Gasteiger partial charge in [-0.05, 0) is 51.4 Å². The van der Waals surface area contributed by atoms with Gasteiger partial charge < -0.3 is 16.2 Å². The maximum Gasteiger partial charge on any atom is 0.412 e. The van der Waals surface area contributed by atoms with E-state index < -0.39 is 11.3 Å². The Hall–Kier alpha value is -0.810. The molecule has 2 fully saturated rings. The van der Waals surface area contributed by atoms with Gasteiger partial charge in [0.1, 0.15) is 0 Å². The monoisotopic (exact) mass is 269 g/mol. The zero-order chi connectivity index (χ0) is 13.9.